The number of nitrogens with zero attached hydrogens (tertiary/aromatic N) is 3. The Labute approximate surface area is 153 Å². The largest absolute Gasteiger partial charge is 0.472 e. The second-order valence-electron chi connectivity index (χ2n) is 5.86. The van der Waals surface area contributed by atoms with E-state index in [2.05, 4.69) is 15.3 Å². The maximum atomic E-state index is 13.8. The molecule has 0 spiro atoms. The average Bonchev–Trinajstić information content (AvgIpc) is 3.20. The number of rotatable bonds is 5. The Bertz CT molecular complexity index is 1160. The fourth-order valence-electron chi connectivity index (χ4n) is 2.60. The molecule has 0 aliphatic rings. The number of benzene rings is 1. The number of hydrogen-bond donors (Lipinski definition) is 1. The first kappa shape index (κ1) is 16.8. The van der Waals surface area contributed by atoms with E-state index in [0.29, 0.717) is 23.5 Å². The molecule has 0 atom stereocenters. The molecule has 0 amide bonds. The molecule has 0 radical (unpaired) electrons. The van der Waals surface area contributed by atoms with Gasteiger partial charge in [0, 0.05) is 30.7 Å². The molecule has 0 aliphatic heterocycles. The van der Waals surface area contributed by atoms with Crippen molar-refractivity contribution in [3.8, 4) is 11.5 Å². The van der Waals surface area contributed by atoms with Crippen LogP contribution in [0.15, 0.2) is 64.3 Å². The average molecular weight is 366 g/mol. The summed E-state index contributed by atoms with van der Waals surface area (Å²) in [6, 6.07) is 9.23. The van der Waals surface area contributed by atoms with Crippen molar-refractivity contribution in [2.45, 2.75) is 6.54 Å². The van der Waals surface area contributed by atoms with Gasteiger partial charge in [-0.2, -0.15) is 4.98 Å². The van der Waals surface area contributed by atoms with Gasteiger partial charge in [0.05, 0.1) is 12.5 Å². The highest BCUT2D eigenvalue weighted by molar-refractivity contribution is 5.76. The van der Waals surface area contributed by atoms with Crippen molar-refractivity contribution in [1.82, 2.24) is 14.5 Å². The lowest BCUT2D eigenvalue weighted by atomic mass is 10.3. The molecule has 136 valence electrons. The topological polar surface area (TPSA) is 82.2 Å². The minimum absolute atomic E-state index is 0.00203. The van der Waals surface area contributed by atoms with E-state index in [0.717, 1.165) is 5.56 Å². The number of para-hydroxylation sites is 1. The highest BCUT2D eigenvalue weighted by atomic mass is 19.1. The van der Waals surface area contributed by atoms with E-state index in [1.807, 2.05) is 6.07 Å². The normalized spacial score (nSPS) is 10.9. The van der Waals surface area contributed by atoms with Crippen LogP contribution >= 0.6 is 0 Å². The Morgan fingerprint density at radius 2 is 2.11 bits per heavy atom. The van der Waals surface area contributed by atoms with Crippen LogP contribution in [0.5, 0.6) is 11.5 Å². The Morgan fingerprint density at radius 1 is 1.26 bits per heavy atom. The standard InChI is InChI=1S/C19H15FN4O3/c1-24-17-13(10-22-19(23-17)21-9-12-6-7-26-11-12)8-16(18(24)25)27-15-5-3-2-4-14(15)20/h2-8,10-11H,9H2,1H3,(H,21,22,23). The van der Waals surface area contributed by atoms with E-state index in [1.165, 1.54) is 22.8 Å². The lowest BCUT2D eigenvalue weighted by Gasteiger charge is -2.11. The first-order chi connectivity index (χ1) is 13.1. The van der Waals surface area contributed by atoms with Gasteiger partial charge in [-0.3, -0.25) is 9.36 Å². The molecule has 4 aromatic rings. The van der Waals surface area contributed by atoms with E-state index in [1.54, 1.807) is 37.9 Å². The molecule has 0 saturated carbocycles. The summed E-state index contributed by atoms with van der Waals surface area (Å²) >= 11 is 0. The zero-order valence-corrected chi connectivity index (χ0v) is 14.3. The summed E-state index contributed by atoms with van der Waals surface area (Å²) in [4.78, 5) is 21.2. The number of fused-ring (bicyclic) bond motifs is 1. The van der Waals surface area contributed by atoms with Crippen molar-refractivity contribution in [2.75, 3.05) is 5.32 Å². The van der Waals surface area contributed by atoms with Crippen LogP contribution in [0.3, 0.4) is 0 Å². The van der Waals surface area contributed by atoms with Crippen molar-refractivity contribution in [1.29, 1.82) is 0 Å². The minimum atomic E-state index is -0.547. The number of nitrogens with one attached hydrogen (secondary N) is 1. The van der Waals surface area contributed by atoms with Gasteiger partial charge in [0.15, 0.2) is 17.3 Å². The molecule has 27 heavy (non-hydrogen) atoms. The van der Waals surface area contributed by atoms with Gasteiger partial charge in [-0.15, -0.1) is 0 Å². The maximum absolute atomic E-state index is 13.8. The highest BCUT2D eigenvalue weighted by Gasteiger charge is 2.13. The highest BCUT2D eigenvalue weighted by Crippen LogP contribution is 2.24. The summed E-state index contributed by atoms with van der Waals surface area (Å²) in [6.45, 7) is 0.491. The lowest BCUT2D eigenvalue weighted by molar-refractivity contribution is 0.434. The molecule has 4 rings (SSSR count). The number of ether oxygens (including phenoxy) is 1. The van der Waals surface area contributed by atoms with Crippen LogP contribution in [0.2, 0.25) is 0 Å². The van der Waals surface area contributed by atoms with Gasteiger partial charge >= 0.3 is 0 Å². The molecule has 1 aromatic carbocycles. The first-order valence-electron chi connectivity index (χ1n) is 8.16. The predicted molar refractivity (Wildman–Crippen MR) is 97.3 cm³/mol. The molecule has 8 heteroatoms. The maximum Gasteiger partial charge on any atom is 0.294 e. The van der Waals surface area contributed by atoms with Crippen LogP contribution in [-0.4, -0.2) is 14.5 Å². The summed E-state index contributed by atoms with van der Waals surface area (Å²) in [5, 5.41) is 3.66. The van der Waals surface area contributed by atoms with E-state index in [-0.39, 0.29) is 11.5 Å². The van der Waals surface area contributed by atoms with Gasteiger partial charge in [0.1, 0.15) is 5.65 Å². The Morgan fingerprint density at radius 3 is 2.89 bits per heavy atom. The number of hydrogen-bond acceptors (Lipinski definition) is 6. The molecule has 1 N–H and O–H groups in total. The summed E-state index contributed by atoms with van der Waals surface area (Å²) in [5.41, 5.74) is 0.956. The van der Waals surface area contributed by atoms with Gasteiger partial charge in [-0.1, -0.05) is 12.1 Å². The number of aromatic nitrogens is 3. The van der Waals surface area contributed by atoms with Gasteiger partial charge in [-0.05, 0) is 24.3 Å². The molecule has 3 aromatic heterocycles. The van der Waals surface area contributed by atoms with Crippen LogP contribution in [0, 0.1) is 5.82 Å². The lowest BCUT2D eigenvalue weighted by Crippen LogP contribution is -2.20. The summed E-state index contributed by atoms with van der Waals surface area (Å²) in [5.74, 6) is -0.192. The number of furan rings is 1. The van der Waals surface area contributed by atoms with Gasteiger partial charge in [0.2, 0.25) is 5.95 Å². The number of aryl methyl sites for hydroxylation is 1. The molecule has 0 unspecified atom stereocenters. The number of pyridine rings is 1. The Kier molecular flexibility index (Phi) is 4.29. The van der Waals surface area contributed by atoms with Crippen molar-refractivity contribution in [3.05, 3.63) is 76.9 Å². The van der Waals surface area contributed by atoms with Crippen LogP contribution in [0.1, 0.15) is 5.56 Å². The Hall–Kier alpha value is -3.68. The van der Waals surface area contributed by atoms with Crippen molar-refractivity contribution < 1.29 is 13.5 Å². The van der Waals surface area contributed by atoms with Crippen LogP contribution in [0.25, 0.3) is 11.0 Å². The number of anilines is 1. The second-order valence-corrected chi connectivity index (χ2v) is 5.86. The van der Waals surface area contributed by atoms with E-state index < -0.39 is 11.4 Å². The number of halogens is 1. The van der Waals surface area contributed by atoms with E-state index in [4.69, 9.17) is 9.15 Å². The fourth-order valence-corrected chi connectivity index (χ4v) is 2.60. The molecule has 0 aliphatic carbocycles. The third-order valence-corrected chi connectivity index (χ3v) is 4.00. The third-order valence-electron chi connectivity index (χ3n) is 4.00. The summed E-state index contributed by atoms with van der Waals surface area (Å²) in [7, 11) is 1.58. The van der Waals surface area contributed by atoms with E-state index >= 15 is 0 Å². The van der Waals surface area contributed by atoms with Crippen LogP contribution in [0.4, 0.5) is 10.3 Å². The molecule has 0 saturated heterocycles. The molecule has 0 fully saturated rings. The van der Waals surface area contributed by atoms with Gasteiger partial charge in [0.25, 0.3) is 5.56 Å². The SMILES string of the molecule is Cn1c(=O)c(Oc2ccccc2F)cc2cnc(NCc3ccoc3)nc21. The first-order valence-corrected chi connectivity index (χ1v) is 8.16. The molecule has 7 nitrogen and oxygen atoms in total. The van der Waals surface area contributed by atoms with Crippen molar-refractivity contribution in [3.63, 3.8) is 0 Å². The Balaban J connectivity index is 1.66. The summed E-state index contributed by atoms with van der Waals surface area (Å²) in [6.07, 6.45) is 4.78. The van der Waals surface area contributed by atoms with Crippen LogP contribution < -0.4 is 15.6 Å². The predicted octanol–water partition coefficient (Wildman–Crippen LogP) is 3.47. The third kappa shape index (κ3) is 3.37. The van der Waals surface area contributed by atoms with Crippen LogP contribution in [-0.2, 0) is 13.6 Å². The molecular weight excluding hydrogens is 351 g/mol. The second kappa shape index (κ2) is 6.91. The zero-order valence-electron chi connectivity index (χ0n) is 14.3. The summed E-state index contributed by atoms with van der Waals surface area (Å²) < 4.78 is 25.6. The quantitative estimate of drug-likeness (QED) is 0.582. The molecular formula is C19H15FN4O3. The van der Waals surface area contributed by atoms with Crippen molar-refractivity contribution >= 4 is 17.0 Å². The smallest absolute Gasteiger partial charge is 0.294 e. The minimum Gasteiger partial charge on any atom is -0.472 e. The van der Waals surface area contributed by atoms with Gasteiger partial charge in [-0.25, -0.2) is 9.37 Å². The zero-order chi connectivity index (χ0) is 18.8. The monoisotopic (exact) mass is 366 g/mol. The van der Waals surface area contributed by atoms with Gasteiger partial charge < -0.3 is 14.5 Å². The van der Waals surface area contributed by atoms with Crippen molar-refractivity contribution in [2.24, 2.45) is 7.05 Å². The fraction of sp³-hybridized carbons (Fsp3) is 0.105. The van der Waals surface area contributed by atoms with E-state index in [9.17, 15) is 9.18 Å². The molecule has 3 heterocycles. The molecule has 0 bridgehead atoms.